The van der Waals surface area contributed by atoms with Crippen LogP contribution >= 0.6 is 0 Å². The summed E-state index contributed by atoms with van der Waals surface area (Å²) >= 11 is 0. The van der Waals surface area contributed by atoms with Gasteiger partial charge in [0.1, 0.15) is 0 Å². The van der Waals surface area contributed by atoms with Crippen molar-refractivity contribution in [2.24, 2.45) is 0 Å². The average molecular weight is 160 g/mol. The minimum Gasteiger partial charge on any atom is -0.390 e. The van der Waals surface area contributed by atoms with Crippen LogP contribution in [0.15, 0.2) is 0 Å². The molecule has 1 N–H and O–H groups in total. The number of unbranched alkanes of at least 4 members (excludes halogenated alkanes) is 1. The van der Waals surface area contributed by atoms with Crippen molar-refractivity contribution in [3.63, 3.8) is 0 Å². The molecule has 0 atom stereocenters. The lowest BCUT2D eigenvalue weighted by atomic mass is 10.0. The number of hydrogen-bond donors (Lipinski definition) is 1. The standard InChI is InChI=1S/C9H20O2/c1-4-11-8-6-5-7-9(2,3)10/h10H,4-8H2,1-3H3. The first kappa shape index (κ1) is 10.9. The highest BCUT2D eigenvalue weighted by Gasteiger charge is 2.10. The van der Waals surface area contributed by atoms with Crippen LogP contribution in [-0.2, 0) is 4.74 Å². The zero-order valence-corrected chi connectivity index (χ0v) is 7.89. The van der Waals surface area contributed by atoms with E-state index >= 15 is 0 Å². The molecule has 0 aliphatic carbocycles. The van der Waals surface area contributed by atoms with Gasteiger partial charge in [0.05, 0.1) is 5.60 Å². The number of aliphatic hydroxyl groups is 1. The van der Waals surface area contributed by atoms with Gasteiger partial charge in [0.25, 0.3) is 0 Å². The van der Waals surface area contributed by atoms with Crippen molar-refractivity contribution < 1.29 is 9.84 Å². The lowest BCUT2D eigenvalue weighted by Gasteiger charge is -2.16. The van der Waals surface area contributed by atoms with E-state index in [2.05, 4.69) is 0 Å². The second-order valence-electron chi connectivity index (χ2n) is 3.47. The average Bonchev–Trinajstić information content (AvgIpc) is 1.85. The molecule has 0 bridgehead atoms. The van der Waals surface area contributed by atoms with E-state index in [1.165, 1.54) is 0 Å². The van der Waals surface area contributed by atoms with E-state index in [1.807, 2.05) is 20.8 Å². The van der Waals surface area contributed by atoms with E-state index in [4.69, 9.17) is 4.74 Å². The first-order valence-electron chi connectivity index (χ1n) is 4.36. The molecule has 0 saturated heterocycles. The summed E-state index contributed by atoms with van der Waals surface area (Å²) in [4.78, 5) is 0. The van der Waals surface area contributed by atoms with Crippen LogP contribution in [-0.4, -0.2) is 23.9 Å². The Bertz CT molecular complexity index is 84.1. The van der Waals surface area contributed by atoms with E-state index in [-0.39, 0.29) is 0 Å². The van der Waals surface area contributed by atoms with Crippen LogP contribution in [0.4, 0.5) is 0 Å². The molecular formula is C9H20O2. The summed E-state index contributed by atoms with van der Waals surface area (Å²) in [7, 11) is 0. The first-order chi connectivity index (χ1) is 5.06. The lowest BCUT2D eigenvalue weighted by molar-refractivity contribution is 0.0636. The van der Waals surface area contributed by atoms with Crippen molar-refractivity contribution >= 4 is 0 Å². The van der Waals surface area contributed by atoms with Gasteiger partial charge in [0, 0.05) is 13.2 Å². The molecular weight excluding hydrogens is 140 g/mol. The van der Waals surface area contributed by atoms with Crippen LogP contribution in [0.5, 0.6) is 0 Å². The van der Waals surface area contributed by atoms with Gasteiger partial charge in [-0.25, -0.2) is 0 Å². The highest BCUT2D eigenvalue weighted by molar-refractivity contribution is 4.63. The number of rotatable bonds is 6. The first-order valence-corrected chi connectivity index (χ1v) is 4.36. The summed E-state index contributed by atoms with van der Waals surface area (Å²) in [6.45, 7) is 7.30. The van der Waals surface area contributed by atoms with Gasteiger partial charge in [-0.1, -0.05) is 0 Å². The molecule has 0 rings (SSSR count). The fourth-order valence-electron chi connectivity index (χ4n) is 0.906. The lowest BCUT2D eigenvalue weighted by Crippen LogP contribution is -2.18. The van der Waals surface area contributed by atoms with Gasteiger partial charge >= 0.3 is 0 Å². The minimum absolute atomic E-state index is 0.508. The molecule has 2 nitrogen and oxygen atoms in total. The van der Waals surface area contributed by atoms with Gasteiger partial charge in [0.15, 0.2) is 0 Å². The molecule has 0 amide bonds. The fraction of sp³-hybridized carbons (Fsp3) is 1.00. The molecule has 0 aliphatic heterocycles. The smallest absolute Gasteiger partial charge is 0.0591 e. The van der Waals surface area contributed by atoms with E-state index in [1.54, 1.807) is 0 Å². The second-order valence-corrected chi connectivity index (χ2v) is 3.47. The maximum absolute atomic E-state index is 9.33. The van der Waals surface area contributed by atoms with Crippen LogP contribution in [0.1, 0.15) is 40.0 Å². The Labute approximate surface area is 69.6 Å². The summed E-state index contributed by atoms with van der Waals surface area (Å²) < 4.78 is 5.17. The van der Waals surface area contributed by atoms with Crippen molar-refractivity contribution in [1.82, 2.24) is 0 Å². The summed E-state index contributed by atoms with van der Waals surface area (Å²) in [5, 5.41) is 9.33. The Morgan fingerprint density at radius 2 is 1.91 bits per heavy atom. The molecule has 0 aromatic rings. The van der Waals surface area contributed by atoms with Crippen molar-refractivity contribution in [3.05, 3.63) is 0 Å². The van der Waals surface area contributed by atoms with Gasteiger partial charge in [-0.15, -0.1) is 0 Å². The van der Waals surface area contributed by atoms with Gasteiger partial charge < -0.3 is 9.84 Å². The third-order valence-electron chi connectivity index (χ3n) is 1.53. The van der Waals surface area contributed by atoms with Crippen LogP contribution in [0.3, 0.4) is 0 Å². The highest BCUT2D eigenvalue weighted by Crippen LogP contribution is 2.11. The fourth-order valence-corrected chi connectivity index (χ4v) is 0.906. The maximum Gasteiger partial charge on any atom is 0.0591 e. The second kappa shape index (κ2) is 5.56. The van der Waals surface area contributed by atoms with Gasteiger partial charge in [-0.3, -0.25) is 0 Å². The monoisotopic (exact) mass is 160 g/mol. The molecule has 0 spiro atoms. The predicted molar refractivity (Wildman–Crippen MR) is 46.6 cm³/mol. The van der Waals surface area contributed by atoms with Gasteiger partial charge in [-0.05, 0) is 40.0 Å². The SMILES string of the molecule is CCOCCCCC(C)(C)O. The normalized spacial score (nSPS) is 12.0. The molecule has 2 heteroatoms. The predicted octanol–water partition coefficient (Wildman–Crippen LogP) is 1.96. The van der Waals surface area contributed by atoms with E-state index < -0.39 is 5.60 Å². The van der Waals surface area contributed by atoms with E-state index in [0.717, 1.165) is 32.5 Å². The Kier molecular flexibility index (Phi) is 5.51. The van der Waals surface area contributed by atoms with E-state index in [9.17, 15) is 5.11 Å². The maximum atomic E-state index is 9.33. The molecule has 0 radical (unpaired) electrons. The van der Waals surface area contributed by atoms with Crippen LogP contribution < -0.4 is 0 Å². The van der Waals surface area contributed by atoms with Crippen LogP contribution in [0, 0.1) is 0 Å². The molecule has 11 heavy (non-hydrogen) atoms. The largest absolute Gasteiger partial charge is 0.390 e. The van der Waals surface area contributed by atoms with Crippen LogP contribution in [0.2, 0.25) is 0 Å². The van der Waals surface area contributed by atoms with Crippen LogP contribution in [0.25, 0.3) is 0 Å². The minimum atomic E-state index is -0.508. The summed E-state index contributed by atoms with van der Waals surface area (Å²) in [5.74, 6) is 0. The van der Waals surface area contributed by atoms with Crippen molar-refractivity contribution in [2.75, 3.05) is 13.2 Å². The number of hydrogen-bond acceptors (Lipinski definition) is 2. The molecule has 0 aromatic heterocycles. The summed E-state index contributed by atoms with van der Waals surface area (Å²) in [6.07, 6.45) is 2.96. The third-order valence-corrected chi connectivity index (χ3v) is 1.53. The number of ether oxygens (including phenoxy) is 1. The zero-order chi connectivity index (χ0) is 8.74. The molecule has 0 unspecified atom stereocenters. The Morgan fingerprint density at radius 1 is 1.27 bits per heavy atom. The molecule has 0 heterocycles. The van der Waals surface area contributed by atoms with Crippen molar-refractivity contribution in [3.8, 4) is 0 Å². The molecule has 68 valence electrons. The summed E-state index contributed by atoms with van der Waals surface area (Å²) in [6, 6.07) is 0. The topological polar surface area (TPSA) is 29.5 Å². The Hall–Kier alpha value is -0.0800. The molecule has 0 saturated carbocycles. The van der Waals surface area contributed by atoms with Crippen molar-refractivity contribution in [2.45, 2.75) is 45.6 Å². The summed E-state index contributed by atoms with van der Waals surface area (Å²) in [5.41, 5.74) is -0.508. The molecule has 0 aromatic carbocycles. The quantitative estimate of drug-likeness (QED) is 0.602. The zero-order valence-electron chi connectivity index (χ0n) is 7.89. The van der Waals surface area contributed by atoms with Gasteiger partial charge in [-0.2, -0.15) is 0 Å². The van der Waals surface area contributed by atoms with Gasteiger partial charge in [0.2, 0.25) is 0 Å². The molecule has 0 aliphatic rings. The molecule has 0 fully saturated rings. The Balaban J connectivity index is 3.02. The van der Waals surface area contributed by atoms with E-state index in [0.29, 0.717) is 0 Å². The van der Waals surface area contributed by atoms with Crippen molar-refractivity contribution in [1.29, 1.82) is 0 Å². The third kappa shape index (κ3) is 9.92. The highest BCUT2D eigenvalue weighted by atomic mass is 16.5. The Morgan fingerprint density at radius 3 is 2.36 bits per heavy atom.